The molecule has 3 rings (SSSR count). The number of hydrogen-bond donors (Lipinski definition) is 2. The Balaban J connectivity index is 1.57. The number of carbonyl (C=O) groups excluding carboxylic acids is 2. The Morgan fingerprint density at radius 3 is 2.49 bits per heavy atom. The minimum atomic E-state index is -0.491. The van der Waals surface area contributed by atoms with Gasteiger partial charge in [-0.15, -0.1) is 0 Å². The van der Waals surface area contributed by atoms with Gasteiger partial charge in [0, 0.05) is 10.6 Å². The third-order valence-corrected chi connectivity index (χ3v) is 5.70. The highest BCUT2D eigenvalue weighted by molar-refractivity contribution is 9.10. The van der Waals surface area contributed by atoms with Crippen molar-refractivity contribution in [2.24, 2.45) is 5.10 Å². The number of methoxy groups -OCH3 is 2. The fourth-order valence-electron chi connectivity index (χ4n) is 3.03. The largest absolute Gasteiger partial charge is 0.496 e. The van der Waals surface area contributed by atoms with Crippen molar-refractivity contribution in [3.63, 3.8) is 0 Å². The average molecular weight is 561 g/mol. The van der Waals surface area contributed by atoms with Crippen molar-refractivity contribution in [1.82, 2.24) is 10.7 Å². The SMILES string of the molecule is COc1ccccc1C(=O)NCC(=O)NN=Cc1cc(Br)c(OCc2ccccc2Cl)c(OC)c1. The molecule has 0 fully saturated rings. The first kappa shape index (κ1) is 26.1. The minimum absolute atomic E-state index is 0.254. The smallest absolute Gasteiger partial charge is 0.259 e. The zero-order valence-electron chi connectivity index (χ0n) is 19.0. The van der Waals surface area contributed by atoms with Gasteiger partial charge < -0.3 is 19.5 Å². The van der Waals surface area contributed by atoms with E-state index in [-0.39, 0.29) is 13.2 Å². The van der Waals surface area contributed by atoms with Crippen LogP contribution >= 0.6 is 27.5 Å². The molecule has 0 heterocycles. The van der Waals surface area contributed by atoms with E-state index in [2.05, 4.69) is 31.8 Å². The maximum absolute atomic E-state index is 12.3. The molecular weight excluding hydrogens is 538 g/mol. The van der Waals surface area contributed by atoms with Crippen molar-refractivity contribution >= 4 is 45.6 Å². The van der Waals surface area contributed by atoms with Crippen LogP contribution in [0, 0.1) is 0 Å². The minimum Gasteiger partial charge on any atom is -0.496 e. The Morgan fingerprint density at radius 1 is 1.03 bits per heavy atom. The van der Waals surface area contributed by atoms with Crippen LogP contribution in [0.5, 0.6) is 17.2 Å². The quantitative estimate of drug-likeness (QED) is 0.279. The van der Waals surface area contributed by atoms with E-state index in [1.165, 1.54) is 20.4 Å². The second-order valence-corrected chi connectivity index (χ2v) is 8.35. The molecule has 0 spiro atoms. The van der Waals surface area contributed by atoms with Crippen LogP contribution in [-0.2, 0) is 11.4 Å². The topological polar surface area (TPSA) is 98.2 Å². The lowest BCUT2D eigenvalue weighted by Gasteiger charge is -2.14. The molecule has 0 atom stereocenters. The summed E-state index contributed by atoms with van der Waals surface area (Å²) in [5.74, 6) is 0.482. The van der Waals surface area contributed by atoms with Crippen molar-refractivity contribution in [1.29, 1.82) is 0 Å². The molecule has 8 nitrogen and oxygen atoms in total. The van der Waals surface area contributed by atoms with Gasteiger partial charge in [-0.1, -0.05) is 41.9 Å². The first-order valence-corrected chi connectivity index (χ1v) is 11.6. The number of para-hydroxylation sites is 1. The van der Waals surface area contributed by atoms with Crippen molar-refractivity contribution < 1.29 is 23.8 Å². The van der Waals surface area contributed by atoms with E-state index in [1.807, 2.05) is 18.2 Å². The molecular formula is C25H23BrClN3O5. The molecule has 0 bridgehead atoms. The normalized spacial score (nSPS) is 10.6. The summed E-state index contributed by atoms with van der Waals surface area (Å²) in [6, 6.07) is 17.6. The number of ether oxygens (including phenoxy) is 3. The highest BCUT2D eigenvalue weighted by Crippen LogP contribution is 2.37. The molecule has 0 aliphatic rings. The number of hydrazone groups is 1. The molecule has 0 aliphatic carbocycles. The van der Waals surface area contributed by atoms with E-state index in [4.69, 9.17) is 25.8 Å². The Morgan fingerprint density at radius 2 is 1.74 bits per heavy atom. The number of nitrogens with one attached hydrogen (secondary N) is 2. The van der Waals surface area contributed by atoms with Crippen LogP contribution in [-0.4, -0.2) is 38.8 Å². The Labute approximate surface area is 216 Å². The molecule has 0 aliphatic heterocycles. The summed E-state index contributed by atoms with van der Waals surface area (Å²) < 4.78 is 17.1. The van der Waals surface area contributed by atoms with Crippen molar-refractivity contribution in [2.45, 2.75) is 6.61 Å². The molecule has 0 aromatic heterocycles. The second kappa shape index (κ2) is 12.8. The maximum atomic E-state index is 12.3. The zero-order valence-corrected chi connectivity index (χ0v) is 21.4. The number of carbonyl (C=O) groups is 2. The fraction of sp³-hybridized carbons (Fsp3) is 0.160. The second-order valence-electron chi connectivity index (χ2n) is 7.09. The molecule has 35 heavy (non-hydrogen) atoms. The summed E-state index contributed by atoms with van der Waals surface area (Å²) in [5.41, 5.74) is 4.20. The van der Waals surface area contributed by atoms with Crippen molar-refractivity contribution in [3.05, 3.63) is 86.8 Å². The molecule has 0 radical (unpaired) electrons. The fourth-order valence-corrected chi connectivity index (χ4v) is 3.79. The van der Waals surface area contributed by atoms with Crippen LogP contribution in [0.2, 0.25) is 5.02 Å². The van der Waals surface area contributed by atoms with Gasteiger partial charge in [0.1, 0.15) is 12.4 Å². The van der Waals surface area contributed by atoms with E-state index >= 15 is 0 Å². The lowest BCUT2D eigenvalue weighted by molar-refractivity contribution is -0.120. The summed E-state index contributed by atoms with van der Waals surface area (Å²) in [6.07, 6.45) is 1.45. The molecule has 2 amide bonds. The van der Waals surface area contributed by atoms with Gasteiger partial charge in [-0.25, -0.2) is 5.43 Å². The van der Waals surface area contributed by atoms with E-state index in [0.29, 0.717) is 37.9 Å². The van der Waals surface area contributed by atoms with Crippen LogP contribution in [0.1, 0.15) is 21.5 Å². The van der Waals surface area contributed by atoms with Crippen molar-refractivity contribution in [2.75, 3.05) is 20.8 Å². The summed E-state index contributed by atoms with van der Waals surface area (Å²) in [4.78, 5) is 24.4. The third kappa shape index (κ3) is 7.21. The average Bonchev–Trinajstić information content (AvgIpc) is 2.87. The van der Waals surface area contributed by atoms with E-state index in [9.17, 15) is 9.59 Å². The first-order valence-electron chi connectivity index (χ1n) is 10.4. The monoisotopic (exact) mass is 559 g/mol. The van der Waals surface area contributed by atoms with E-state index in [0.717, 1.165) is 5.56 Å². The van der Waals surface area contributed by atoms with Crippen LogP contribution in [0.4, 0.5) is 0 Å². The van der Waals surface area contributed by atoms with E-state index < -0.39 is 11.8 Å². The standard InChI is InChI=1S/C25H23BrClN3O5/c1-33-21-10-6-4-8-18(21)25(32)28-14-23(31)30-29-13-16-11-19(26)24(22(12-16)34-2)35-15-17-7-3-5-9-20(17)27/h3-13H,14-15H2,1-2H3,(H,28,32)(H,30,31). The maximum Gasteiger partial charge on any atom is 0.259 e. The van der Waals surface area contributed by atoms with Gasteiger partial charge >= 0.3 is 0 Å². The number of hydrogen-bond acceptors (Lipinski definition) is 6. The molecule has 0 saturated carbocycles. The predicted octanol–water partition coefficient (Wildman–Crippen LogP) is 4.58. The predicted molar refractivity (Wildman–Crippen MR) is 138 cm³/mol. The van der Waals surface area contributed by atoms with Crippen LogP contribution < -0.4 is 25.0 Å². The lowest BCUT2D eigenvalue weighted by Crippen LogP contribution is -2.35. The number of amides is 2. The molecule has 10 heteroatoms. The summed E-state index contributed by atoms with van der Waals surface area (Å²) >= 11 is 9.67. The Hall–Kier alpha value is -3.56. The van der Waals surface area contributed by atoms with Crippen LogP contribution in [0.3, 0.4) is 0 Å². The molecule has 3 aromatic rings. The molecule has 2 N–H and O–H groups in total. The highest BCUT2D eigenvalue weighted by Gasteiger charge is 2.14. The highest BCUT2D eigenvalue weighted by atomic mass is 79.9. The molecule has 0 unspecified atom stereocenters. The molecule has 182 valence electrons. The number of nitrogens with zero attached hydrogens (tertiary/aromatic N) is 1. The summed E-state index contributed by atoms with van der Waals surface area (Å²) in [6.45, 7) is 0.00869. The van der Waals surface area contributed by atoms with Crippen molar-refractivity contribution in [3.8, 4) is 17.2 Å². The molecule has 0 saturated heterocycles. The number of halogens is 2. The zero-order chi connectivity index (χ0) is 25.2. The van der Waals surface area contributed by atoms with Gasteiger partial charge in [0.25, 0.3) is 11.8 Å². The first-order chi connectivity index (χ1) is 16.9. The Kier molecular flexibility index (Phi) is 9.51. The summed E-state index contributed by atoms with van der Waals surface area (Å²) in [7, 11) is 3.00. The van der Waals surface area contributed by atoms with Crippen LogP contribution in [0.25, 0.3) is 0 Å². The third-order valence-electron chi connectivity index (χ3n) is 4.75. The lowest BCUT2D eigenvalue weighted by atomic mass is 10.2. The summed E-state index contributed by atoms with van der Waals surface area (Å²) in [5, 5.41) is 7.08. The van der Waals surface area contributed by atoms with Gasteiger partial charge in [-0.3, -0.25) is 9.59 Å². The van der Waals surface area contributed by atoms with Gasteiger partial charge in [-0.05, 0) is 51.8 Å². The van der Waals surface area contributed by atoms with E-state index in [1.54, 1.807) is 42.5 Å². The van der Waals surface area contributed by atoms with Gasteiger partial charge in [0.15, 0.2) is 11.5 Å². The number of rotatable bonds is 10. The number of benzene rings is 3. The van der Waals surface area contributed by atoms with Crippen LogP contribution in [0.15, 0.2) is 70.2 Å². The van der Waals surface area contributed by atoms with Gasteiger partial charge in [-0.2, -0.15) is 5.10 Å². The Bertz CT molecular complexity index is 1240. The van der Waals surface area contributed by atoms with Gasteiger partial charge in [0.2, 0.25) is 0 Å². The van der Waals surface area contributed by atoms with Gasteiger partial charge in [0.05, 0.1) is 37.0 Å². The molecule has 3 aromatic carbocycles.